The molecule has 0 aromatic heterocycles. The van der Waals surface area contributed by atoms with Crippen LogP contribution in [0.5, 0.6) is 0 Å². The van der Waals surface area contributed by atoms with Gasteiger partial charge in [-0.15, -0.1) is 0 Å². The normalized spacial score (nSPS) is 15.1. The minimum absolute atomic E-state index is 0.0771. The highest BCUT2D eigenvalue weighted by Crippen LogP contribution is 2.29. The second-order valence-electron chi connectivity index (χ2n) is 4.44. The predicted octanol–water partition coefficient (Wildman–Crippen LogP) is 3.02. The van der Waals surface area contributed by atoms with Gasteiger partial charge in [-0.1, -0.05) is 24.3 Å². The van der Waals surface area contributed by atoms with Crippen LogP contribution in [0, 0.1) is 0 Å². The van der Waals surface area contributed by atoms with E-state index in [2.05, 4.69) is 0 Å². The van der Waals surface area contributed by atoms with Crippen LogP contribution in [0.25, 0.3) is 5.76 Å². The third-order valence-electron chi connectivity index (χ3n) is 3.12. The number of ketones is 1. The van der Waals surface area contributed by atoms with Crippen molar-refractivity contribution >= 4 is 17.2 Å². The van der Waals surface area contributed by atoms with Crippen molar-refractivity contribution in [2.24, 2.45) is 0 Å². The Balaban J connectivity index is 1.91. The summed E-state index contributed by atoms with van der Waals surface area (Å²) in [6, 6.07) is 14.7. The van der Waals surface area contributed by atoms with Gasteiger partial charge in [-0.05, 0) is 24.3 Å². The zero-order chi connectivity index (χ0) is 13.2. The monoisotopic (exact) mass is 251 g/mol. The third kappa shape index (κ3) is 2.22. The number of carbonyl (C=O) groups excluding carboxylic acids is 1. The zero-order valence-corrected chi connectivity index (χ0v) is 10.3. The van der Waals surface area contributed by atoms with E-state index >= 15 is 0 Å². The molecule has 0 aliphatic carbocycles. The predicted molar refractivity (Wildman–Crippen MR) is 74.4 cm³/mol. The minimum Gasteiger partial charge on any atom is -0.488 e. The fraction of sp³-hybridized carbons (Fsp3) is 0.0625. The first-order valence-electron chi connectivity index (χ1n) is 6.07. The Morgan fingerprint density at radius 2 is 1.84 bits per heavy atom. The van der Waals surface area contributed by atoms with Gasteiger partial charge in [0.2, 0.25) is 0 Å². The average molecular weight is 251 g/mol. The van der Waals surface area contributed by atoms with Crippen molar-refractivity contribution in [3.63, 3.8) is 0 Å². The first-order chi connectivity index (χ1) is 9.24. The van der Waals surface area contributed by atoms with E-state index in [0.29, 0.717) is 23.6 Å². The van der Waals surface area contributed by atoms with Crippen molar-refractivity contribution in [3.8, 4) is 0 Å². The molecule has 0 fully saturated rings. The van der Waals surface area contributed by atoms with E-state index in [-0.39, 0.29) is 5.78 Å². The molecule has 2 N–H and O–H groups in total. The highest BCUT2D eigenvalue weighted by molar-refractivity contribution is 6.08. The number of fused-ring (bicyclic) bond motifs is 1. The van der Waals surface area contributed by atoms with Gasteiger partial charge in [-0.25, -0.2) is 0 Å². The van der Waals surface area contributed by atoms with Crippen LogP contribution in [0.15, 0.2) is 54.6 Å². The van der Waals surface area contributed by atoms with Crippen LogP contribution in [0.3, 0.4) is 0 Å². The van der Waals surface area contributed by atoms with Gasteiger partial charge in [0.05, 0.1) is 0 Å². The van der Waals surface area contributed by atoms with Crippen molar-refractivity contribution in [1.82, 2.24) is 0 Å². The van der Waals surface area contributed by atoms with E-state index in [1.54, 1.807) is 24.3 Å². The summed E-state index contributed by atoms with van der Waals surface area (Å²) in [5.41, 5.74) is 8.96. The molecule has 0 saturated carbocycles. The molecule has 19 heavy (non-hydrogen) atoms. The van der Waals surface area contributed by atoms with Gasteiger partial charge in [-0.3, -0.25) is 4.79 Å². The first-order valence-corrected chi connectivity index (χ1v) is 6.07. The number of hydrogen-bond acceptors (Lipinski definition) is 3. The second kappa shape index (κ2) is 4.61. The summed E-state index contributed by atoms with van der Waals surface area (Å²) in [4.78, 5) is 12.1. The van der Waals surface area contributed by atoms with Crippen LogP contribution in [0.4, 0.5) is 5.69 Å². The fourth-order valence-electron chi connectivity index (χ4n) is 2.09. The van der Waals surface area contributed by atoms with Gasteiger partial charge >= 0.3 is 0 Å². The molecule has 2 aromatic rings. The molecule has 1 aliphatic heterocycles. The molecule has 0 atom stereocenters. The van der Waals surface area contributed by atoms with Crippen molar-refractivity contribution in [3.05, 3.63) is 71.3 Å². The van der Waals surface area contributed by atoms with Crippen LogP contribution in [-0.2, 0) is 11.3 Å². The van der Waals surface area contributed by atoms with Crippen molar-refractivity contribution < 1.29 is 9.53 Å². The Bertz CT molecular complexity index is 657. The van der Waals surface area contributed by atoms with Crippen LogP contribution < -0.4 is 5.73 Å². The number of rotatable bonds is 2. The highest BCUT2D eigenvalue weighted by atomic mass is 16.5. The number of anilines is 1. The second-order valence-corrected chi connectivity index (χ2v) is 4.44. The quantitative estimate of drug-likeness (QED) is 0.507. The fourth-order valence-corrected chi connectivity index (χ4v) is 2.09. The molecule has 94 valence electrons. The van der Waals surface area contributed by atoms with Gasteiger partial charge in [0.25, 0.3) is 0 Å². The molecular weight excluding hydrogens is 238 g/mol. The van der Waals surface area contributed by atoms with E-state index in [4.69, 9.17) is 10.5 Å². The third-order valence-corrected chi connectivity index (χ3v) is 3.12. The average Bonchev–Trinajstić information content (AvgIpc) is 2.83. The van der Waals surface area contributed by atoms with Crippen LogP contribution >= 0.6 is 0 Å². The molecule has 0 saturated heterocycles. The molecule has 2 aromatic carbocycles. The van der Waals surface area contributed by atoms with E-state index in [1.165, 1.54) is 6.08 Å². The summed E-state index contributed by atoms with van der Waals surface area (Å²) in [7, 11) is 0. The lowest BCUT2D eigenvalue weighted by molar-refractivity contribution is 0.104. The van der Waals surface area contributed by atoms with E-state index in [1.807, 2.05) is 24.3 Å². The summed E-state index contributed by atoms with van der Waals surface area (Å²) in [6.07, 6.45) is 1.54. The Morgan fingerprint density at radius 1 is 1.11 bits per heavy atom. The Kier molecular flexibility index (Phi) is 2.80. The van der Waals surface area contributed by atoms with Gasteiger partial charge in [0.1, 0.15) is 12.4 Å². The van der Waals surface area contributed by atoms with Crippen LogP contribution in [0.2, 0.25) is 0 Å². The lowest BCUT2D eigenvalue weighted by atomic mass is 10.1. The summed E-state index contributed by atoms with van der Waals surface area (Å²) in [5, 5.41) is 0. The number of ether oxygens (including phenoxy) is 1. The zero-order valence-electron chi connectivity index (χ0n) is 10.3. The smallest absolute Gasteiger partial charge is 0.189 e. The van der Waals surface area contributed by atoms with Gasteiger partial charge < -0.3 is 10.5 Å². The largest absolute Gasteiger partial charge is 0.488 e. The molecule has 3 rings (SSSR count). The molecule has 0 unspecified atom stereocenters. The molecule has 0 amide bonds. The molecule has 1 aliphatic rings. The SMILES string of the molecule is Nc1ccc(C(=O)/C=C2\OCc3ccccc32)cc1. The number of hydrogen-bond donors (Lipinski definition) is 1. The molecule has 0 radical (unpaired) electrons. The summed E-state index contributed by atoms with van der Waals surface area (Å²) in [5.74, 6) is 0.559. The number of benzene rings is 2. The molecule has 3 heteroatoms. The maximum atomic E-state index is 12.1. The van der Waals surface area contributed by atoms with E-state index < -0.39 is 0 Å². The number of nitrogens with two attached hydrogens (primary N) is 1. The summed E-state index contributed by atoms with van der Waals surface area (Å²) in [6.45, 7) is 0.525. The van der Waals surface area contributed by atoms with Crippen LogP contribution in [-0.4, -0.2) is 5.78 Å². The van der Waals surface area contributed by atoms with E-state index in [0.717, 1.165) is 11.1 Å². The van der Waals surface area contributed by atoms with Crippen molar-refractivity contribution in [2.45, 2.75) is 6.61 Å². The highest BCUT2D eigenvalue weighted by Gasteiger charge is 2.18. The molecular formula is C16H13NO2. The molecule has 0 bridgehead atoms. The minimum atomic E-state index is -0.0771. The lowest BCUT2D eigenvalue weighted by Crippen LogP contribution is -1.96. The Morgan fingerprint density at radius 3 is 2.63 bits per heavy atom. The molecule has 3 nitrogen and oxygen atoms in total. The molecule has 1 heterocycles. The van der Waals surface area contributed by atoms with E-state index in [9.17, 15) is 4.79 Å². The van der Waals surface area contributed by atoms with Crippen LogP contribution in [0.1, 0.15) is 21.5 Å². The summed E-state index contributed by atoms with van der Waals surface area (Å²) < 4.78 is 5.55. The Labute approximate surface area is 111 Å². The van der Waals surface area contributed by atoms with Crippen molar-refractivity contribution in [2.75, 3.05) is 5.73 Å². The first kappa shape index (κ1) is 11.5. The van der Waals surface area contributed by atoms with Gasteiger partial charge in [0, 0.05) is 28.5 Å². The Hall–Kier alpha value is -2.55. The van der Waals surface area contributed by atoms with Crippen molar-refractivity contribution in [1.29, 1.82) is 0 Å². The standard InChI is InChI=1S/C16H13NO2/c17-13-7-5-11(6-8-13)15(18)9-16-14-4-2-1-3-12(14)10-19-16/h1-9H,10,17H2/b16-9-. The van der Waals surface area contributed by atoms with Gasteiger partial charge in [0.15, 0.2) is 5.78 Å². The lowest BCUT2D eigenvalue weighted by Gasteiger charge is -2.01. The number of nitrogen functional groups attached to an aromatic ring is 1. The molecule has 0 spiro atoms. The van der Waals surface area contributed by atoms with Gasteiger partial charge in [-0.2, -0.15) is 0 Å². The topological polar surface area (TPSA) is 52.3 Å². The number of carbonyl (C=O) groups is 1. The number of allylic oxidation sites excluding steroid dienone is 1. The summed E-state index contributed by atoms with van der Waals surface area (Å²) >= 11 is 0. The maximum absolute atomic E-state index is 12.1. The maximum Gasteiger partial charge on any atom is 0.189 e.